The summed E-state index contributed by atoms with van der Waals surface area (Å²) in [5, 5.41) is 12.2. The molecule has 1 aromatic rings. The van der Waals surface area contributed by atoms with E-state index in [0.29, 0.717) is 0 Å². The molecule has 16 heavy (non-hydrogen) atoms. The molecule has 0 aliphatic carbocycles. The standard InChI is InChI=1S/C13H17N3/c14-11-13-3-1-2-12(10-13)4-7-16-8-5-15-6-9-16/h1-3,10,15H,4-9H2. The quantitative estimate of drug-likeness (QED) is 0.817. The zero-order valence-corrected chi connectivity index (χ0v) is 9.45. The Labute approximate surface area is 96.7 Å². The zero-order valence-electron chi connectivity index (χ0n) is 9.45. The molecule has 0 saturated carbocycles. The van der Waals surface area contributed by atoms with Crippen LogP contribution in [-0.4, -0.2) is 37.6 Å². The van der Waals surface area contributed by atoms with Crippen molar-refractivity contribution in [3.05, 3.63) is 35.4 Å². The van der Waals surface area contributed by atoms with Gasteiger partial charge >= 0.3 is 0 Å². The number of piperazine rings is 1. The Morgan fingerprint density at radius 1 is 1.31 bits per heavy atom. The fourth-order valence-corrected chi connectivity index (χ4v) is 2.02. The Morgan fingerprint density at radius 2 is 2.12 bits per heavy atom. The van der Waals surface area contributed by atoms with Crippen LogP contribution in [0.2, 0.25) is 0 Å². The van der Waals surface area contributed by atoms with Crippen LogP contribution in [-0.2, 0) is 6.42 Å². The van der Waals surface area contributed by atoms with E-state index in [1.807, 2.05) is 18.2 Å². The summed E-state index contributed by atoms with van der Waals surface area (Å²) in [6, 6.07) is 10.1. The number of nitriles is 1. The highest BCUT2D eigenvalue weighted by molar-refractivity contribution is 5.32. The van der Waals surface area contributed by atoms with Crippen LogP contribution in [0.3, 0.4) is 0 Å². The van der Waals surface area contributed by atoms with Gasteiger partial charge in [-0.3, -0.25) is 0 Å². The summed E-state index contributed by atoms with van der Waals surface area (Å²) in [5.41, 5.74) is 2.02. The number of nitrogens with one attached hydrogen (secondary N) is 1. The number of hydrogen-bond donors (Lipinski definition) is 1. The minimum absolute atomic E-state index is 0.762. The number of hydrogen-bond acceptors (Lipinski definition) is 3. The number of rotatable bonds is 3. The predicted molar refractivity (Wildman–Crippen MR) is 64.2 cm³/mol. The van der Waals surface area contributed by atoms with Crippen LogP contribution in [0.5, 0.6) is 0 Å². The molecule has 84 valence electrons. The van der Waals surface area contributed by atoms with E-state index in [1.54, 1.807) is 0 Å². The molecule has 0 radical (unpaired) electrons. The SMILES string of the molecule is N#Cc1cccc(CCN2CCNCC2)c1. The summed E-state index contributed by atoms with van der Waals surface area (Å²) in [5.74, 6) is 0. The molecule has 2 rings (SSSR count). The summed E-state index contributed by atoms with van der Waals surface area (Å²) in [6.45, 7) is 5.56. The second-order valence-corrected chi connectivity index (χ2v) is 4.15. The van der Waals surface area contributed by atoms with Gasteiger partial charge in [0.15, 0.2) is 0 Å². The lowest BCUT2D eigenvalue weighted by atomic mass is 10.1. The van der Waals surface area contributed by atoms with E-state index >= 15 is 0 Å². The Kier molecular flexibility index (Phi) is 3.92. The van der Waals surface area contributed by atoms with Gasteiger partial charge in [0.2, 0.25) is 0 Å². The molecule has 1 heterocycles. The van der Waals surface area contributed by atoms with Gasteiger partial charge < -0.3 is 10.2 Å². The molecule has 1 aliphatic rings. The average molecular weight is 215 g/mol. The van der Waals surface area contributed by atoms with Gasteiger partial charge in [0, 0.05) is 32.7 Å². The lowest BCUT2D eigenvalue weighted by molar-refractivity contribution is 0.244. The van der Waals surface area contributed by atoms with Crippen molar-refractivity contribution < 1.29 is 0 Å². The first kappa shape index (κ1) is 11.1. The van der Waals surface area contributed by atoms with Crippen LogP contribution < -0.4 is 5.32 Å². The van der Waals surface area contributed by atoms with Crippen molar-refractivity contribution in [1.82, 2.24) is 10.2 Å². The number of nitrogens with zero attached hydrogens (tertiary/aromatic N) is 2. The summed E-state index contributed by atoms with van der Waals surface area (Å²) in [4.78, 5) is 2.47. The Bertz CT molecular complexity index is 375. The summed E-state index contributed by atoms with van der Waals surface area (Å²) in [6.07, 6.45) is 1.04. The van der Waals surface area contributed by atoms with E-state index < -0.39 is 0 Å². The van der Waals surface area contributed by atoms with Gasteiger partial charge in [0.1, 0.15) is 0 Å². The molecule has 0 unspecified atom stereocenters. The van der Waals surface area contributed by atoms with E-state index in [1.165, 1.54) is 5.56 Å². The predicted octanol–water partition coefficient (Wildman–Crippen LogP) is 1.01. The fourth-order valence-electron chi connectivity index (χ4n) is 2.02. The molecule has 0 bridgehead atoms. The van der Waals surface area contributed by atoms with E-state index in [9.17, 15) is 0 Å². The molecule has 1 aromatic carbocycles. The fraction of sp³-hybridized carbons (Fsp3) is 0.462. The third kappa shape index (κ3) is 3.06. The normalized spacial score (nSPS) is 16.9. The first-order valence-electron chi connectivity index (χ1n) is 5.80. The third-order valence-corrected chi connectivity index (χ3v) is 2.98. The van der Waals surface area contributed by atoms with Crippen molar-refractivity contribution in [3.63, 3.8) is 0 Å². The van der Waals surface area contributed by atoms with E-state index in [2.05, 4.69) is 22.4 Å². The molecule has 3 heteroatoms. The largest absolute Gasteiger partial charge is 0.314 e. The van der Waals surface area contributed by atoms with Crippen molar-refractivity contribution in [2.24, 2.45) is 0 Å². The minimum Gasteiger partial charge on any atom is -0.314 e. The van der Waals surface area contributed by atoms with Crippen LogP contribution in [0, 0.1) is 11.3 Å². The molecule has 0 aromatic heterocycles. The van der Waals surface area contributed by atoms with Crippen LogP contribution in [0.25, 0.3) is 0 Å². The molecule has 0 spiro atoms. The summed E-state index contributed by atoms with van der Waals surface area (Å²) >= 11 is 0. The first-order chi connectivity index (χ1) is 7.88. The molecule has 1 saturated heterocycles. The topological polar surface area (TPSA) is 39.1 Å². The molecule has 0 amide bonds. The second kappa shape index (κ2) is 5.64. The molecular weight excluding hydrogens is 198 g/mol. The van der Waals surface area contributed by atoms with Crippen molar-refractivity contribution in [2.75, 3.05) is 32.7 Å². The van der Waals surface area contributed by atoms with Crippen LogP contribution in [0.1, 0.15) is 11.1 Å². The Balaban J connectivity index is 1.86. The van der Waals surface area contributed by atoms with E-state index in [-0.39, 0.29) is 0 Å². The third-order valence-electron chi connectivity index (χ3n) is 2.98. The van der Waals surface area contributed by atoms with Crippen LogP contribution >= 0.6 is 0 Å². The van der Waals surface area contributed by atoms with Gasteiger partial charge in [-0.25, -0.2) is 0 Å². The molecule has 1 N–H and O–H groups in total. The first-order valence-corrected chi connectivity index (χ1v) is 5.80. The highest BCUT2D eigenvalue weighted by Crippen LogP contribution is 2.06. The summed E-state index contributed by atoms with van der Waals surface area (Å²) < 4.78 is 0. The van der Waals surface area contributed by atoms with Gasteiger partial charge in [0.25, 0.3) is 0 Å². The Morgan fingerprint density at radius 3 is 2.88 bits per heavy atom. The van der Waals surface area contributed by atoms with Crippen molar-refractivity contribution in [3.8, 4) is 6.07 Å². The van der Waals surface area contributed by atoms with Gasteiger partial charge in [-0.2, -0.15) is 5.26 Å². The van der Waals surface area contributed by atoms with E-state index in [0.717, 1.165) is 44.7 Å². The molecule has 1 aliphatic heterocycles. The minimum atomic E-state index is 0.762. The lowest BCUT2D eigenvalue weighted by Gasteiger charge is -2.27. The smallest absolute Gasteiger partial charge is 0.0991 e. The maximum Gasteiger partial charge on any atom is 0.0991 e. The average Bonchev–Trinajstić information content (AvgIpc) is 2.38. The van der Waals surface area contributed by atoms with Gasteiger partial charge in [-0.15, -0.1) is 0 Å². The molecule has 3 nitrogen and oxygen atoms in total. The molecular formula is C13H17N3. The van der Waals surface area contributed by atoms with Crippen molar-refractivity contribution in [1.29, 1.82) is 5.26 Å². The number of benzene rings is 1. The maximum atomic E-state index is 8.81. The van der Waals surface area contributed by atoms with E-state index in [4.69, 9.17) is 5.26 Å². The molecule has 0 atom stereocenters. The van der Waals surface area contributed by atoms with Crippen LogP contribution in [0.4, 0.5) is 0 Å². The molecule has 1 fully saturated rings. The summed E-state index contributed by atoms with van der Waals surface area (Å²) in [7, 11) is 0. The van der Waals surface area contributed by atoms with Crippen molar-refractivity contribution >= 4 is 0 Å². The Hall–Kier alpha value is -1.37. The van der Waals surface area contributed by atoms with Gasteiger partial charge in [-0.1, -0.05) is 12.1 Å². The monoisotopic (exact) mass is 215 g/mol. The second-order valence-electron chi connectivity index (χ2n) is 4.15. The zero-order chi connectivity index (χ0) is 11.2. The van der Waals surface area contributed by atoms with Gasteiger partial charge in [0.05, 0.1) is 11.6 Å². The lowest BCUT2D eigenvalue weighted by Crippen LogP contribution is -2.44. The van der Waals surface area contributed by atoms with Crippen LogP contribution in [0.15, 0.2) is 24.3 Å². The highest BCUT2D eigenvalue weighted by Gasteiger charge is 2.08. The highest BCUT2D eigenvalue weighted by atomic mass is 15.2. The maximum absolute atomic E-state index is 8.81. The van der Waals surface area contributed by atoms with Gasteiger partial charge in [-0.05, 0) is 24.1 Å². The van der Waals surface area contributed by atoms with Crippen molar-refractivity contribution in [2.45, 2.75) is 6.42 Å².